The normalized spacial score (nSPS) is 18.3. The maximum atomic E-state index is 5.93. The van der Waals surface area contributed by atoms with Crippen LogP contribution in [0.4, 0.5) is 5.69 Å². The van der Waals surface area contributed by atoms with Crippen LogP contribution in [-0.4, -0.2) is 15.1 Å². The van der Waals surface area contributed by atoms with Gasteiger partial charge < -0.3 is 19.9 Å². The number of ether oxygens (including phenoxy) is 1. The predicted octanol–water partition coefficient (Wildman–Crippen LogP) is 5.38. The number of nitrogens with one attached hydrogen (secondary N) is 2. The van der Waals surface area contributed by atoms with Crippen molar-refractivity contribution in [2.24, 2.45) is 0 Å². The number of para-hydroxylation sites is 1. The van der Waals surface area contributed by atoms with Crippen LogP contribution < -0.4 is 15.0 Å². The van der Waals surface area contributed by atoms with E-state index in [0.717, 1.165) is 28.6 Å². The van der Waals surface area contributed by atoms with Crippen molar-refractivity contribution in [2.45, 2.75) is 12.1 Å². The van der Waals surface area contributed by atoms with E-state index < -0.39 is 0 Å². The van der Waals surface area contributed by atoms with Crippen LogP contribution in [0.25, 0.3) is 0 Å². The van der Waals surface area contributed by atoms with E-state index in [1.807, 2.05) is 91.3 Å². The summed E-state index contributed by atoms with van der Waals surface area (Å²) in [7, 11) is 0. The second-order valence-electron chi connectivity index (χ2n) is 7.03. The van der Waals surface area contributed by atoms with Gasteiger partial charge in [-0.05, 0) is 72.9 Å². The Morgan fingerprint density at radius 3 is 2.30 bits per heavy atom. The summed E-state index contributed by atoms with van der Waals surface area (Å²) < 4.78 is 5.93. The number of thiocarbonyl (C=S) groups is 1. The van der Waals surface area contributed by atoms with Gasteiger partial charge in [-0.1, -0.05) is 24.3 Å². The number of benzene rings is 2. The van der Waals surface area contributed by atoms with Gasteiger partial charge in [0.05, 0.1) is 11.7 Å². The van der Waals surface area contributed by atoms with Gasteiger partial charge in [0, 0.05) is 23.8 Å². The molecule has 30 heavy (non-hydrogen) atoms. The summed E-state index contributed by atoms with van der Waals surface area (Å²) in [6.07, 6.45) is 3.74. The van der Waals surface area contributed by atoms with Crippen molar-refractivity contribution >= 4 is 23.0 Å². The molecule has 1 aliphatic heterocycles. The molecule has 2 aromatic heterocycles. The highest BCUT2D eigenvalue weighted by molar-refractivity contribution is 7.80. The highest BCUT2D eigenvalue weighted by atomic mass is 32.1. The van der Waals surface area contributed by atoms with Crippen LogP contribution in [0.2, 0.25) is 0 Å². The van der Waals surface area contributed by atoms with E-state index in [1.54, 1.807) is 0 Å². The first-order chi connectivity index (χ1) is 14.8. The van der Waals surface area contributed by atoms with E-state index in [9.17, 15) is 0 Å². The first-order valence-electron chi connectivity index (χ1n) is 9.76. The molecular formula is C24H20N4OS. The lowest BCUT2D eigenvalue weighted by atomic mass is 10.0. The summed E-state index contributed by atoms with van der Waals surface area (Å²) >= 11 is 5.73. The van der Waals surface area contributed by atoms with E-state index >= 15 is 0 Å². The number of rotatable bonds is 5. The molecule has 148 valence electrons. The third kappa shape index (κ3) is 3.53. The second-order valence-corrected chi connectivity index (χ2v) is 7.42. The van der Waals surface area contributed by atoms with Crippen molar-refractivity contribution in [2.75, 3.05) is 4.90 Å². The number of aromatic amines is 1. The Hall–Kier alpha value is -3.64. The molecule has 0 amide bonds. The monoisotopic (exact) mass is 412 g/mol. The molecule has 0 bridgehead atoms. The third-order valence-electron chi connectivity index (χ3n) is 5.13. The number of hydrogen-bond donors (Lipinski definition) is 2. The van der Waals surface area contributed by atoms with Gasteiger partial charge in [-0.15, -0.1) is 0 Å². The molecule has 2 atom stereocenters. The Kier molecular flexibility index (Phi) is 4.91. The van der Waals surface area contributed by atoms with Gasteiger partial charge in [-0.2, -0.15) is 0 Å². The van der Waals surface area contributed by atoms with Crippen molar-refractivity contribution < 1.29 is 4.74 Å². The molecule has 1 fully saturated rings. The van der Waals surface area contributed by atoms with E-state index in [2.05, 4.69) is 26.3 Å². The van der Waals surface area contributed by atoms with Gasteiger partial charge in [0.25, 0.3) is 0 Å². The first-order valence-corrected chi connectivity index (χ1v) is 10.2. The topological polar surface area (TPSA) is 53.2 Å². The third-order valence-corrected chi connectivity index (χ3v) is 5.45. The van der Waals surface area contributed by atoms with Crippen LogP contribution in [0.15, 0.2) is 97.3 Å². The zero-order chi connectivity index (χ0) is 20.3. The number of pyridine rings is 1. The maximum absolute atomic E-state index is 5.93. The fourth-order valence-electron chi connectivity index (χ4n) is 3.78. The summed E-state index contributed by atoms with van der Waals surface area (Å²) in [4.78, 5) is 10.0. The van der Waals surface area contributed by atoms with Crippen LogP contribution in [-0.2, 0) is 0 Å². The SMILES string of the molecule is S=C1N[C@H](c2ccccn2)[C@@H](c2ccc[nH]2)N1c1ccc(Oc2ccccc2)cc1. The van der Waals surface area contributed by atoms with Gasteiger partial charge in [0.2, 0.25) is 0 Å². The standard InChI is InChI=1S/C24H20N4OS/c30-24-27-22(20-9-4-5-15-25-20)23(21-10-6-16-26-21)28(24)17-11-13-19(14-12-17)29-18-7-2-1-3-8-18/h1-16,22-23,26H,(H,27,30)/t22-,23-/m1/s1. The van der Waals surface area contributed by atoms with Crippen molar-refractivity contribution in [1.29, 1.82) is 0 Å². The molecule has 5 nitrogen and oxygen atoms in total. The fraction of sp³-hybridized carbons (Fsp3) is 0.0833. The van der Waals surface area contributed by atoms with Gasteiger partial charge in [0.1, 0.15) is 17.5 Å². The summed E-state index contributed by atoms with van der Waals surface area (Å²) in [5, 5.41) is 4.12. The molecule has 6 heteroatoms. The molecule has 0 saturated carbocycles. The molecule has 2 aromatic carbocycles. The van der Waals surface area contributed by atoms with E-state index in [-0.39, 0.29) is 12.1 Å². The van der Waals surface area contributed by atoms with Crippen molar-refractivity contribution in [3.05, 3.63) is 109 Å². The van der Waals surface area contributed by atoms with Gasteiger partial charge in [-0.25, -0.2) is 0 Å². The van der Waals surface area contributed by atoms with Crippen LogP contribution in [0, 0.1) is 0 Å². The van der Waals surface area contributed by atoms with Gasteiger partial charge in [0.15, 0.2) is 5.11 Å². The maximum Gasteiger partial charge on any atom is 0.174 e. The number of nitrogens with zero attached hydrogens (tertiary/aromatic N) is 2. The van der Waals surface area contributed by atoms with Crippen molar-refractivity contribution in [3.8, 4) is 11.5 Å². The molecule has 2 N–H and O–H groups in total. The van der Waals surface area contributed by atoms with Crippen LogP contribution >= 0.6 is 12.2 Å². The number of H-pyrrole nitrogens is 1. The minimum Gasteiger partial charge on any atom is -0.457 e. The lowest BCUT2D eigenvalue weighted by Gasteiger charge is -2.27. The van der Waals surface area contributed by atoms with E-state index in [4.69, 9.17) is 17.0 Å². The van der Waals surface area contributed by atoms with Crippen LogP contribution in [0.3, 0.4) is 0 Å². The zero-order valence-corrected chi connectivity index (χ0v) is 16.9. The molecule has 1 aliphatic rings. The van der Waals surface area contributed by atoms with Crippen molar-refractivity contribution in [3.63, 3.8) is 0 Å². The number of hydrogen-bond acceptors (Lipinski definition) is 3. The summed E-state index contributed by atoms with van der Waals surface area (Å²) in [5.74, 6) is 1.59. The average Bonchev–Trinajstić information content (AvgIpc) is 3.43. The summed E-state index contributed by atoms with van der Waals surface area (Å²) in [6, 6.07) is 27.7. The number of anilines is 1. The molecule has 3 heterocycles. The van der Waals surface area contributed by atoms with Crippen LogP contribution in [0.1, 0.15) is 23.5 Å². The highest BCUT2D eigenvalue weighted by Crippen LogP contribution is 2.41. The minimum absolute atomic E-state index is 0.0386. The Morgan fingerprint density at radius 1 is 0.833 bits per heavy atom. The smallest absolute Gasteiger partial charge is 0.174 e. The molecule has 5 rings (SSSR count). The lowest BCUT2D eigenvalue weighted by molar-refractivity contribution is 0.482. The highest BCUT2D eigenvalue weighted by Gasteiger charge is 2.41. The summed E-state index contributed by atoms with van der Waals surface area (Å²) in [6.45, 7) is 0. The molecule has 1 saturated heterocycles. The molecular weight excluding hydrogens is 392 g/mol. The lowest BCUT2D eigenvalue weighted by Crippen LogP contribution is -2.29. The molecule has 0 radical (unpaired) electrons. The molecule has 0 unspecified atom stereocenters. The fourth-order valence-corrected chi connectivity index (χ4v) is 4.12. The van der Waals surface area contributed by atoms with Gasteiger partial charge in [-0.3, -0.25) is 4.98 Å². The van der Waals surface area contributed by atoms with Crippen LogP contribution in [0.5, 0.6) is 11.5 Å². The Labute approximate surface area is 180 Å². The first kappa shape index (κ1) is 18.4. The van der Waals surface area contributed by atoms with Crippen molar-refractivity contribution in [1.82, 2.24) is 15.3 Å². The van der Waals surface area contributed by atoms with E-state index in [1.165, 1.54) is 0 Å². The Bertz CT molecular complexity index is 1120. The molecule has 0 aliphatic carbocycles. The Balaban J connectivity index is 1.47. The largest absolute Gasteiger partial charge is 0.457 e. The van der Waals surface area contributed by atoms with Gasteiger partial charge >= 0.3 is 0 Å². The number of aromatic nitrogens is 2. The quantitative estimate of drug-likeness (QED) is 0.431. The minimum atomic E-state index is -0.0578. The van der Waals surface area contributed by atoms with E-state index in [0.29, 0.717) is 5.11 Å². The molecule has 4 aromatic rings. The average molecular weight is 413 g/mol. The Morgan fingerprint density at radius 2 is 1.60 bits per heavy atom. The predicted molar refractivity (Wildman–Crippen MR) is 122 cm³/mol. The molecule has 0 spiro atoms. The second kappa shape index (κ2) is 8.00. The zero-order valence-electron chi connectivity index (χ0n) is 16.1. The summed E-state index contributed by atoms with van der Waals surface area (Å²) in [5.41, 5.74) is 3.01.